The minimum absolute atomic E-state index is 0.0214. The molecule has 4 nitrogen and oxygen atoms in total. The highest BCUT2D eigenvalue weighted by atomic mass is 35.5. The van der Waals surface area contributed by atoms with E-state index in [1.165, 1.54) is 0 Å². The fraction of sp³-hybridized carbons (Fsp3) is 0.174. The van der Waals surface area contributed by atoms with Crippen LogP contribution < -0.4 is 14.4 Å². The molecule has 0 aromatic heterocycles. The second kappa shape index (κ2) is 7.97. The number of hydrogen-bond acceptors (Lipinski definition) is 3. The van der Waals surface area contributed by atoms with E-state index in [1.54, 1.807) is 31.3 Å². The number of ether oxygens (including phenoxy) is 2. The van der Waals surface area contributed by atoms with Crippen LogP contribution in [0.25, 0.3) is 0 Å². The summed E-state index contributed by atoms with van der Waals surface area (Å²) in [4.78, 5) is 15.0. The van der Waals surface area contributed by atoms with Gasteiger partial charge in [-0.1, -0.05) is 41.4 Å². The zero-order chi connectivity index (χ0) is 20.5. The van der Waals surface area contributed by atoms with Gasteiger partial charge in [0, 0.05) is 15.7 Å². The average molecular weight is 428 g/mol. The molecule has 29 heavy (non-hydrogen) atoms. The molecular weight excluding hydrogens is 409 g/mol. The van der Waals surface area contributed by atoms with E-state index in [9.17, 15) is 4.79 Å². The molecule has 0 bridgehead atoms. The van der Waals surface area contributed by atoms with Gasteiger partial charge < -0.3 is 14.4 Å². The molecule has 1 aliphatic heterocycles. The van der Waals surface area contributed by atoms with Gasteiger partial charge in [-0.25, -0.2) is 0 Å². The highest BCUT2D eigenvalue weighted by Gasteiger charge is 2.36. The van der Waals surface area contributed by atoms with E-state index in [4.69, 9.17) is 32.7 Å². The van der Waals surface area contributed by atoms with Crippen molar-refractivity contribution in [1.82, 2.24) is 0 Å². The van der Waals surface area contributed by atoms with Gasteiger partial charge in [-0.2, -0.15) is 0 Å². The van der Waals surface area contributed by atoms with E-state index in [0.717, 1.165) is 22.4 Å². The molecule has 1 aliphatic rings. The van der Waals surface area contributed by atoms with Crippen molar-refractivity contribution >= 4 is 34.8 Å². The Bertz CT molecular complexity index is 1070. The maximum Gasteiger partial charge on any atom is 0.232 e. The largest absolute Gasteiger partial charge is 0.493 e. The molecule has 4 rings (SSSR count). The van der Waals surface area contributed by atoms with E-state index in [-0.39, 0.29) is 18.4 Å². The van der Waals surface area contributed by atoms with Gasteiger partial charge in [0.1, 0.15) is 0 Å². The Hall–Kier alpha value is -2.69. The monoisotopic (exact) mass is 427 g/mol. The summed E-state index contributed by atoms with van der Waals surface area (Å²) in [7, 11) is 3.19. The molecule has 0 aliphatic carbocycles. The van der Waals surface area contributed by atoms with E-state index in [1.807, 2.05) is 48.5 Å². The average Bonchev–Trinajstić information content (AvgIpc) is 2.72. The number of carbonyl (C=O) groups is 1. The molecule has 1 amide bonds. The van der Waals surface area contributed by atoms with Crippen LogP contribution in [0.5, 0.6) is 11.5 Å². The molecule has 0 unspecified atom stereocenters. The fourth-order valence-corrected chi connectivity index (χ4v) is 4.08. The third-order valence-electron chi connectivity index (χ3n) is 5.08. The molecule has 6 heteroatoms. The topological polar surface area (TPSA) is 38.8 Å². The van der Waals surface area contributed by atoms with Gasteiger partial charge in [-0.3, -0.25) is 4.79 Å². The molecular formula is C23H19Cl2NO3. The SMILES string of the molecule is COc1cc2c(cc1OC)[C@@H](c1ccc(Cl)cc1)N(c1cccc(Cl)c1)C(=O)C2. The first-order valence-electron chi connectivity index (χ1n) is 9.09. The van der Waals surface area contributed by atoms with Crippen LogP contribution in [0, 0.1) is 0 Å². The number of rotatable bonds is 4. The van der Waals surface area contributed by atoms with Crippen LogP contribution in [0.15, 0.2) is 60.7 Å². The number of carbonyl (C=O) groups excluding carboxylic acids is 1. The molecule has 0 spiro atoms. The fourth-order valence-electron chi connectivity index (χ4n) is 3.77. The maximum atomic E-state index is 13.3. The summed E-state index contributed by atoms with van der Waals surface area (Å²) in [5.41, 5.74) is 3.56. The summed E-state index contributed by atoms with van der Waals surface area (Å²) in [6.07, 6.45) is 0.256. The summed E-state index contributed by atoms with van der Waals surface area (Å²) in [6.45, 7) is 0. The lowest BCUT2D eigenvalue weighted by Gasteiger charge is -2.38. The van der Waals surface area contributed by atoms with Gasteiger partial charge in [-0.05, 0) is 59.2 Å². The Labute approximate surface area is 179 Å². The highest BCUT2D eigenvalue weighted by molar-refractivity contribution is 6.31. The van der Waals surface area contributed by atoms with Crippen molar-refractivity contribution < 1.29 is 14.3 Å². The van der Waals surface area contributed by atoms with Gasteiger partial charge in [0.15, 0.2) is 11.5 Å². The van der Waals surface area contributed by atoms with E-state index >= 15 is 0 Å². The zero-order valence-corrected chi connectivity index (χ0v) is 17.5. The standard InChI is InChI=1S/C23H19Cl2NO3/c1-28-20-10-15-11-22(27)26(18-5-3-4-17(25)12-18)23(19(15)13-21(20)29-2)14-6-8-16(24)9-7-14/h3-10,12-13,23H,11H2,1-2H3/t23-/m1/s1. The molecule has 0 N–H and O–H groups in total. The number of fused-ring (bicyclic) bond motifs is 1. The van der Waals surface area contributed by atoms with Gasteiger partial charge in [0.25, 0.3) is 0 Å². The smallest absolute Gasteiger partial charge is 0.232 e. The van der Waals surface area contributed by atoms with Crippen LogP contribution in [-0.4, -0.2) is 20.1 Å². The summed E-state index contributed by atoms with van der Waals surface area (Å²) in [5, 5.41) is 1.21. The zero-order valence-electron chi connectivity index (χ0n) is 16.0. The van der Waals surface area contributed by atoms with Crippen LogP contribution in [0.4, 0.5) is 5.69 Å². The number of amides is 1. The van der Waals surface area contributed by atoms with Gasteiger partial charge >= 0.3 is 0 Å². The van der Waals surface area contributed by atoms with Crippen LogP contribution in [0.1, 0.15) is 22.7 Å². The first-order chi connectivity index (χ1) is 14.0. The third kappa shape index (κ3) is 3.66. The molecule has 148 valence electrons. The molecule has 1 atom stereocenters. The van der Waals surface area contributed by atoms with Crippen molar-refractivity contribution in [3.63, 3.8) is 0 Å². The lowest BCUT2D eigenvalue weighted by Crippen LogP contribution is -2.41. The molecule has 3 aromatic rings. The number of nitrogens with zero attached hydrogens (tertiary/aromatic N) is 1. The highest BCUT2D eigenvalue weighted by Crippen LogP contribution is 2.43. The normalized spacial score (nSPS) is 15.8. The number of methoxy groups -OCH3 is 2. The molecule has 1 heterocycles. The van der Waals surface area contributed by atoms with Crippen molar-refractivity contribution in [3.8, 4) is 11.5 Å². The quantitative estimate of drug-likeness (QED) is 0.536. The number of benzene rings is 3. The summed E-state index contributed by atoms with van der Waals surface area (Å²) >= 11 is 12.3. The van der Waals surface area contributed by atoms with Crippen molar-refractivity contribution in [2.45, 2.75) is 12.5 Å². The van der Waals surface area contributed by atoms with E-state index in [2.05, 4.69) is 0 Å². The third-order valence-corrected chi connectivity index (χ3v) is 5.57. The molecule has 0 radical (unpaired) electrons. The summed E-state index contributed by atoms with van der Waals surface area (Å²) in [5.74, 6) is 1.20. The first kappa shape index (κ1) is 19.6. The Morgan fingerprint density at radius 1 is 0.897 bits per heavy atom. The summed E-state index contributed by atoms with van der Waals surface area (Å²) in [6, 6.07) is 18.3. The lowest BCUT2D eigenvalue weighted by molar-refractivity contribution is -0.118. The Morgan fingerprint density at radius 2 is 1.59 bits per heavy atom. The second-order valence-corrected chi connectivity index (χ2v) is 7.65. The predicted octanol–water partition coefficient (Wildman–Crippen LogP) is 5.69. The number of halogens is 2. The van der Waals surface area contributed by atoms with Crippen molar-refractivity contribution in [3.05, 3.63) is 87.4 Å². The van der Waals surface area contributed by atoms with Crippen LogP contribution >= 0.6 is 23.2 Å². The minimum Gasteiger partial charge on any atom is -0.493 e. The van der Waals surface area contributed by atoms with E-state index < -0.39 is 0 Å². The van der Waals surface area contributed by atoms with Crippen molar-refractivity contribution in [2.75, 3.05) is 19.1 Å². The molecule has 3 aromatic carbocycles. The Kier molecular flexibility index (Phi) is 5.39. The molecule has 0 fully saturated rings. The van der Waals surface area contributed by atoms with Gasteiger partial charge in [0.05, 0.1) is 26.7 Å². The van der Waals surface area contributed by atoms with Crippen LogP contribution in [0.2, 0.25) is 10.0 Å². The summed E-state index contributed by atoms with van der Waals surface area (Å²) < 4.78 is 11.0. The van der Waals surface area contributed by atoms with Gasteiger partial charge in [0.2, 0.25) is 5.91 Å². The predicted molar refractivity (Wildman–Crippen MR) is 115 cm³/mol. The maximum absolute atomic E-state index is 13.3. The number of hydrogen-bond donors (Lipinski definition) is 0. The Balaban J connectivity index is 1.95. The van der Waals surface area contributed by atoms with Crippen LogP contribution in [0.3, 0.4) is 0 Å². The minimum atomic E-state index is -0.346. The Morgan fingerprint density at radius 3 is 2.24 bits per heavy atom. The van der Waals surface area contributed by atoms with Crippen molar-refractivity contribution in [2.24, 2.45) is 0 Å². The van der Waals surface area contributed by atoms with Crippen molar-refractivity contribution in [1.29, 1.82) is 0 Å². The first-order valence-corrected chi connectivity index (χ1v) is 9.85. The van der Waals surface area contributed by atoms with E-state index in [0.29, 0.717) is 21.5 Å². The molecule has 0 saturated heterocycles. The second-order valence-electron chi connectivity index (χ2n) is 6.78. The number of anilines is 1. The lowest BCUT2D eigenvalue weighted by atomic mass is 9.87. The van der Waals surface area contributed by atoms with Crippen LogP contribution in [-0.2, 0) is 11.2 Å². The van der Waals surface area contributed by atoms with Gasteiger partial charge in [-0.15, -0.1) is 0 Å². The molecule has 0 saturated carbocycles.